The Morgan fingerprint density at radius 1 is 1.03 bits per heavy atom. The number of hydrogen-bond donors (Lipinski definition) is 1. The molecule has 0 radical (unpaired) electrons. The molecule has 1 fully saturated rings. The van der Waals surface area contributed by atoms with E-state index in [0.29, 0.717) is 18.2 Å². The van der Waals surface area contributed by atoms with Crippen LogP contribution in [0.2, 0.25) is 0 Å². The molecular weight excluding hydrogens is 362 g/mol. The van der Waals surface area contributed by atoms with Gasteiger partial charge in [0.2, 0.25) is 5.95 Å². The highest BCUT2D eigenvalue weighted by Crippen LogP contribution is 2.23. The number of rotatable bonds is 6. The van der Waals surface area contributed by atoms with Gasteiger partial charge in [-0.1, -0.05) is 30.3 Å². The molecule has 148 valence electrons. The minimum atomic E-state index is -0.135. The first kappa shape index (κ1) is 18.9. The van der Waals surface area contributed by atoms with Gasteiger partial charge < -0.3 is 15.1 Å². The lowest BCUT2D eigenvalue weighted by Crippen LogP contribution is -2.27. The zero-order valence-electron chi connectivity index (χ0n) is 16.6. The molecule has 0 atom stereocenters. The minimum Gasteiger partial charge on any atom is -0.372 e. The first-order chi connectivity index (χ1) is 14.2. The van der Waals surface area contributed by atoms with Gasteiger partial charge in [-0.2, -0.15) is 0 Å². The van der Waals surface area contributed by atoms with Crippen LogP contribution in [-0.2, 0) is 6.54 Å². The Balaban J connectivity index is 1.42. The molecule has 0 saturated carbocycles. The number of aromatic nitrogens is 2. The number of nitrogens with zero attached hydrogens (tertiary/aromatic N) is 4. The molecule has 4 rings (SSSR count). The van der Waals surface area contributed by atoms with Crippen LogP contribution in [0.15, 0.2) is 66.9 Å². The van der Waals surface area contributed by atoms with Gasteiger partial charge in [0.15, 0.2) is 0 Å². The van der Waals surface area contributed by atoms with Gasteiger partial charge in [-0.05, 0) is 48.7 Å². The fraction of sp³-hybridized carbons (Fsp3) is 0.261. The third-order valence-electron chi connectivity index (χ3n) is 5.08. The summed E-state index contributed by atoms with van der Waals surface area (Å²) in [4.78, 5) is 25.5. The Morgan fingerprint density at radius 2 is 1.76 bits per heavy atom. The van der Waals surface area contributed by atoms with Crippen LogP contribution in [0.25, 0.3) is 0 Å². The van der Waals surface area contributed by atoms with Gasteiger partial charge in [0.1, 0.15) is 5.69 Å². The summed E-state index contributed by atoms with van der Waals surface area (Å²) in [6.07, 6.45) is 4.12. The van der Waals surface area contributed by atoms with Gasteiger partial charge in [0, 0.05) is 44.3 Å². The molecule has 2 aromatic carbocycles. The SMILES string of the molecule is CN(Cc1ccccc1)C(=O)c1ccnc(Nc2ccc(N3CCCC3)cc2)n1. The van der Waals surface area contributed by atoms with Crippen molar-refractivity contribution in [3.63, 3.8) is 0 Å². The molecule has 1 amide bonds. The zero-order valence-corrected chi connectivity index (χ0v) is 16.6. The van der Waals surface area contributed by atoms with Gasteiger partial charge in [-0.3, -0.25) is 4.79 Å². The predicted octanol–water partition coefficient (Wildman–Crippen LogP) is 4.09. The van der Waals surface area contributed by atoms with Gasteiger partial charge in [-0.15, -0.1) is 0 Å². The van der Waals surface area contributed by atoms with Gasteiger partial charge >= 0.3 is 0 Å². The number of benzene rings is 2. The fourth-order valence-corrected chi connectivity index (χ4v) is 3.52. The molecule has 0 bridgehead atoms. The van der Waals surface area contributed by atoms with E-state index in [9.17, 15) is 4.79 Å². The first-order valence-electron chi connectivity index (χ1n) is 9.93. The van der Waals surface area contributed by atoms with Crippen LogP contribution in [0, 0.1) is 0 Å². The second kappa shape index (κ2) is 8.73. The summed E-state index contributed by atoms with van der Waals surface area (Å²) in [6, 6.07) is 19.8. The number of anilines is 3. The Labute approximate surface area is 171 Å². The van der Waals surface area contributed by atoms with Crippen molar-refractivity contribution in [3.05, 3.63) is 78.1 Å². The van der Waals surface area contributed by atoms with E-state index < -0.39 is 0 Å². The van der Waals surface area contributed by atoms with Crippen LogP contribution >= 0.6 is 0 Å². The van der Waals surface area contributed by atoms with Crippen LogP contribution in [0.5, 0.6) is 0 Å². The van der Waals surface area contributed by atoms with E-state index in [2.05, 4.69) is 32.3 Å². The lowest BCUT2D eigenvalue weighted by Gasteiger charge is -2.18. The lowest BCUT2D eigenvalue weighted by atomic mass is 10.2. The monoisotopic (exact) mass is 387 g/mol. The third kappa shape index (κ3) is 4.71. The highest BCUT2D eigenvalue weighted by Gasteiger charge is 2.15. The summed E-state index contributed by atoms with van der Waals surface area (Å²) in [6.45, 7) is 2.78. The van der Waals surface area contributed by atoms with Crippen LogP contribution in [-0.4, -0.2) is 40.9 Å². The quantitative estimate of drug-likeness (QED) is 0.690. The maximum Gasteiger partial charge on any atom is 0.272 e. The summed E-state index contributed by atoms with van der Waals surface area (Å²) >= 11 is 0. The summed E-state index contributed by atoms with van der Waals surface area (Å²) in [5, 5.41) is 3.19. The van der Waals surface area contributed by atoms with E-state index in [4.69, 9.17) is 0 Å². The average Bonchev–Trinajstić information content (AvgIpc) is 3.29. The number of amides is 1. The Kier molecular flexibility index (Phi) is 5.70. The van der Waals surface area contributed by atoms with Crippen molar-refractivity contribution in [2.75, 3.05) is 30.4 Å². The third-order valence-corrected chi connectivity index (χ3v) is 5.08. The predicted molar refractivity (Wildman–Crippen MR) is 115 cm³/mol. The second-order valence-electron chi connectivity index (χ2n) is 7.28. The first-order valence-corrected chi connectivity index (χ1v) is 9.93. The van der Waals surface area contributed by atoms with Crippen molar-refractivity contribution in [3.8, 4) is 0 Å². The van der Waals surface area contributed by atoms with E-state index >= 15 is 0 Å². The van der Waals surface area contributed by atoms with E-state index in [1.807, 2.05) is 42.5 Å². The molecular formula is C23H25N5O. The van der Waals surface area contributed by atoms with Crippen molar-refractivity contribution in [1.29, 1.82) is 0 Å². The van der Waals surface area contributed by atoms with Crippen molar-refractivity contribution in [2.24, 2.45) is 0 Å². The smallest absolute Gasteiger partial charge is 0.272 e. The van der Waals surface area contributed by atoms with Gasteiger partial charge in [0.05, 0.1) is 0 Å². The maximum absolute atomic E-state index is 12.7. The highest BCUT2D eigenvalue weighted by molar-refractivity contribution is 5.92. The summed E-state index contributed by atoms with van der Waals surface area (Å²) in [5.41, 5.74) is 3.58. The molecule has 1 N–H and O–H groups in total. The Hall–Kier alpha value is -3.41. The summed E-state index contributed by atoms with van der Waals surface area (Å²) < 4.78 is 0. The van der Waals surface area contributed by atoms with Crippen molar-refractivity contribution in [2.45, 2.75) is 19.4 Å². The maximum atomic E-state index is 12.7. The zero-order chi connectivity index (χ0) is 20.1. The minimum absolute atomic E-state index is 0.135. The van der Waals surface area contributed by atoms with E-state index in [1.54, 1.807) is 24.2 Å². The average molecular weight is 387 g/mol. The normalized spacial score (nSPS) is 13.3. The molecule has 1 aliphatic rings. The number of carbonyl (C=O) groups excluding carboxylic acids is 1. The lowest BCUT2D eigenvalue weighted by molar-refractivity contribution is 0.0779. The second-order valence-corrected chi connectivity index (χ2v) is 7.28. The van der Waals surface area contributed by atoms with Gasteiger partial charge in [-0.25, -0.2) is 9.97 Å². The van der Waals surface area contributed by atoms with E-state index in [0.717, 1.165) is 24.3 Å². The van der Waals surface area contributed by atoms with E-state index in [1.165, 1.54) is 18.5 Å². The summed E-state index contributed by atoms with van der Waals surface area (Å²) in [7, 11) is 1.78. The molecule has 6 heteroatoms. The van der Waals surface area contributed by atoms with Crippen molar-refractivity contribution < 1.29 is 4.79 Å². The van der Waals surface area contributed by atoms with Crippen LogP contribution < -0.4 is 10.2 Å². The number of hydrogen-bond acceptors (Lipinski definition) is 5. The molecule has 1 saturated heterocycles. The molecule has 29 heavy (non-hydrogen) atoms. The number of carbonyl (C=O) groups is 1. The van der Waals surface area contributed by atoms with Crippen LogP contribution in [0.1, 0.15) is 28.9 Å². The fourth-order valence-electron chi connectivity index (χ4n) is 3.52. The molecule has 3 aromatic rings. The van der Waals surface area contributed by atoms with Gasteiger partial charge in [0.25, 0.3) is 5.91 Å². The highest BCUT2D eigenvalue weighted by atomic mass is 16.2. The standard InChI is InChI=1S/C23H25N5O/c1-27(17-18-7-3-2-4-8-18)22(29)21-13-14-24-23(26-21)25-19-9-11-20(12-10-19)28-15-5-6-16-28/h2-4,7-14H,5-6,15-17H2,1H3,(H,24,25,26). The number of nitrogens with one attached hydrogen (secondary N) is 1. The molecule has 0 spiro atoms. The Morgan fingerprint density at radius 3 is 2.48 bits per heavy atom. The van der Waals surface area contributed by atoms with E-state index in [-0.39, 0.29) is 5.91 Å². The van der Waals surface area contributed by atoms with Crippen LogP contribution in [0.3, 0.4) is 0 Å². The Bertz CT molecular complexity index is 953. The topological polar surface area (TPSA) is 61.4 Å². The molecule has 6 nitrogen and oxygen atoms in total. The molecule has 1 aromatic heterocycles. The van der Waals surface area contributed by atoms with Crippen molar-refractivity contribution in [1.82, 2.24) is 14.9 Å². The largest absolute Gasteiger partial charge is 0.372 e. The van der Waals surface area contributed by atoms with Crippen LogP contribution in [0.4, 0.5) is 17.3 Å². The van der Waals surface area contributed by atoms with Crippen molar-refractivity contribution >= 4 is 23.2 Å². The molecule has 0 unspecified atom stereocenters. The molecule has 2 heterocycles. The summed E-state index contributed by atoms with van der Waals surface area (Å²) in [5.74, 6) is 0.279. The molecule has 0 aliphatic carbocycles. The molecule has 1 aliphatic heterocycles.